The zero-order valence-corrected chi connectivity index (χ0v) is 22.0. The number of hydrogen-bond acceptors (Lipinski definition) is 5. The van der Waals surface area contributed by atoms with Crippen LogP contribution < -0.4 is 20.7 Å². The summed E-state index contributed by atoms with van der Waals surface area (Å²) in [5.74, 6) is 0.0562. The smallest absolute Gasteiger partial charge is 0.263 e. The van der Waals surface area contributed by atoms with Gasteiger partial charge in [-0.2, -0.15) is 0 Å². The number of anilines is 1. The number of amides is 2. The summed E-state index contributed by atoms with van der Waals surface area (Å²) < 4.78 is 6.45. The van der Waals surface area contributed by atoms with E-state index in [1.165, 1.54) is 11.3 Å². The molecular formula is C25H28ClN3O3S2. The summed E-state index contributed by atoms with van der Waals surface area (Å²) in [5, 5.41) is 9.96. The fourth-order valence-electron chi connectivity index (χ4n) is 3.12. The molecule has 0 saturated carbocycles. The standard InChI is InChI=1S/C25H28ClN3O3S2/c1-5-6-13-32-16-10-7-9-15(14-16)22(30)28-24(33)27-18-12-8-11-17-19(26)21(34-20(17)18)23(31)29-25(2,3)4/h7-12,14H,5-6,13H2,1-4H3,(H,29,31)(H2,27,28,30,33). The minimum Gasteiger partial charge on any atom is -0.494 e. The van der Waals surface area contributed by atoms with Crippen molar-refractivity contribution in [2.45, 2.75) is 46.1 Å². The monoisotopic (exact) mass is 517 g/mol. The third-order valence-corrected chi connectivity index (χ3v) is 6.63. The maximum atomic E-state index is 12.7. The molecule has 0 fully saturated rings. The van der Waals surface area contributed by atoms with Crippen LogP contribution in [-0.4, -0.2) is 29.1 Å². The van der Waals surface area contributed by atoms with Crippen LogP contribution in [0.4, 0.5) is 5.69 Å². The maximum absolute atomic E-state index is 12.7. The van der Waals surface area contributed by atoms with Gasteiger partial charge in [0.15, 0.2) is 5.11 Å². The molecule has 0 atom stereocenters. The number of fused-ring (bicyclic) bond motifs is 1. The zero-order chi connectivity index (χ0) is 24.9. The van der Waals surface area contributed by atoms with Crippen molar-refractivity contribution in [3.8, 4) is 5.75 Å². The highest BCUT2D eigenvalue weighted by Crippen LogP contribution is 2.39. The van der Waals surface area contributed by atoms with Crippen molar-refractivity contribution in [1.82, 2.24) is 10.6 Å². The lowest BCUT2D eigenvalue weighted by atomic mass is 10.1. The molecule has 2 aromatic carbocycles. The largest absolute Gasteiger partial charge is 0.494 e. The van der Waals surface area contributed by atoms with Gasteiger partial charge in [0, 0.05) is 16.5 Å². The van der Waals surface area contributed by atoms with Gasteiger partial charge in [0.05, 0.1) is 22.0 Å². The number of carbonyl (C=O) groups is 2. The molecule has 0 aliphatic rings. The van der Waals surface area contributed by atoms with Gasteiger partial charge in [-0.3, -0.25) is 14.9 Å². The zero-order valence-electron chi connectivity index (χ0n) is 19.6. The van der Waals surface area contributed by atoms with Gasteiger partial charge in [-0.1, -0.05) is 43.1 Å². The van der Waals surface area contributed by atoms with Crippen LogP contribution in [0.5, 0.6) is 5.75 Å². The lowest BCUT2D eigenvalue weighted by molar-refractivity contribution is 0.0922. The van der Waals surface area contributed by atoms with E-state index in [2.05, 4.69) is 22.9 Å². The van der Waals surface area contributed by atoms with Crippen molar-refractivity contribution in [2.75, 3.05) is 11.9 Å². The molecule has 2 amide bonds. The molecule has 0 bridgehead atoms. The number of rotatable bonds is 7. The number of carbonyl (C=O) groups excluding carboxylic acids is 2. The summed E-state index contributed by atoms with van der Waals surface area (Å²) in [7, 11) is 0. The molecule has 1 heterocycles. The first-order chi connectivity index (χ1) is 16.1. The SMILES string of the molecule is CCCCOc1cccc(C(=O)NC(=S)Nc2cccc3c(Cl)c(C(=O)NC(C)(C)C)sc23)c1. The van der Waals surface area contributed by atoms with Crippen LogP contribution in [0.15, 0.2) is 42.5 Å². The van der Waals surface area contributed by atoms with E-state index in [0.717, 1.165) is 22.9 Å². The predicted octanol–water partition coefficient (Wildman–Crippen LogP) is 6.39. The van der Waals surface area contributed by atoms with Gasteiger partial charge in [0.1, 0.15) is 10.6 Å². The highest BCUT2D eigenvalue weighted by Gasteiger charge is 2.22. The number of benzene rings is 2. The fraction of sp³-hybridized carbons (Fsp3) is 0.320. The molecule has 1 aromatic heterocycles. The molecule has 3 aromatic rings. The summed E-state index contributed by atoms with van der Waals surface area (Å²) >= 11 is 13.2. The molecule has 3 rings (SSSR count). The number of hydrogen-bond donors (Lipinski definition) is 3. The molecule has 0 radical (unpaired) electrons. The molecule has 3 N–H and O–H groups in total. The summed E-state index contributed by atoms with van der Waals surface area (Å²) in [6, 6.07) is 12.5. The van der Waals surface area contributed by atoms with Gasteiger partial charge in [-0.25, -0.2) is 0 Å². The van der Waals surface area contributed by atoms with Crippen molar-refractivity contribution < 1.29 is 14.3 Å². The number of halogens is 1. The quantitative estimate of drug-likeness (QED) is 0.250. The third-order valence-electron chi connectivity index (χ3n) is 4.69. The number of nitrogens with one attached hydrogen (secondary N) is 3. The van der Waals surface area contributed by atoms with Crippen LogP contribution in [0.2, 0.25) is 5.02 Å². The Hall–Kier alpha value is -2.68. The summed E-state index contributed by atoms with van der Waals surface area (Å²) in [4.78, 5) is 25.8. The van der Waals surface area contributed by atoms with Crippen molar-refractivity contribution in [1.29, 1.82) is 0 Å². The van der Waals surface area contributed by atoms with E-state index >= 15 is 0 Å². The molecule has 0 spiro atoms. The molecule has 0 unspecified atom stereocenters. The van der Waals surface area contributed by atoms with Crippen LogP contribution in [0.25, 0.3) is 10.1 Å². The predicted molar refractivity (Wildman–Crippen MR) is 145 cm³/mol. The highest BCUT2D eigenvalue weighted by atomic mass is 35.5. The highest BCUT2D eigenvalue weighted by molar-refractivity contribution is 7.80. The minimum atomic E-state index is -0.387. The number of thiocarbonyl (C=S) groups is 1. The van der Waals surface area contributed by atoms with E-state index in [9.17, 15) is 9.59 Å². The van der Waals surface area contributed by atoms with Gasteiger partial charge >= 0.3 is 0 Å². The summed E-state index contributed by atoms with van der Waals surface area (Å²) in [6.45, 7) is 8.42. The molecule has 9 heteroatoms. The average Bonchev–Trinajstić information content (AvgIpc) is 3.11. The minimum absolute atomic E-state index is 0.139. The molecular weight excluding hydrogens is 490 g/mol. The van der Waals surface area contributed by atoms with E-state index in [0.29, 0.717) is 33.5 Å². The van der Waals surface area contributed by atoms with Crippen LogP contribution >= 0.6 is 35.2 Å². The molecule has 0 saturated heterocycles. The molecule has 0 aliphatic heterocycles. The second-order valence-corrected chi connectivity index (χ2v) is 10.6. The Kier molecular flexibility index (Phi) is 8.52. The van der Waals surface area contributed by atoms with E-state index < -0.39 is 0 Å². The second kappa shape index (κ2) is 11.2. The van der Waals surface area contributed by atoms with Crippen molar-refractivity contribution >= 4 is 67.9 Å². The third kappa shape index (κ3) is 6.68. The number of unbranched alkanes of at least 4 members (excludes halogenated alkanes) is 1. The molecule has 0 aliphatic carbocycles. The van der Waals surface area contributed by atoms with Crippen molar-refractivity contribution in [3.05, 3.63) is 57.9 Å². The van der Waals surface area contributed by atoms with Gasteiger partial charge in [0.25, 0.3) is 11.8 Å². The lowest BCUT2D eigenvalue weighted by Crippen LogP contribution is -2.40. The Morgan fingerprint density at radius 2 is 1.85 bits per heavy atom. The van der Waals surface area contributed by atoms with Gasteiger partial charge in [-0.15, -0.1) is 11.3 Å². The van der Waals surface area contributed by atoms with Crippen LogP contribution in [0.1, 0.15) is 60.6 Å². The Morgan fingerprint density at radius 1 is 1.12 bits per heavy atom. The Labute approximate surface area is 214 Å². The Balaban J connectivity index is 1.74. The second-order valence-electron chi connectivity index (χ2n) is 8.77. The van der Waals surface area contributed by atoms with Gasteiger partial charge in [-0.05, 0) is 63.7 Å². The first-order valence-corrected chi connectivity index (χ1v) is 12.6. The van der Waals surface area contributed by atoms with E-state index in [-0.39, 0.29) is 22.5 Å². The summed E-state index contributed by atoms with van der Waals surface area (Å²) in [6.07, 6.45) is 1.98. The van der Waals surface area contributed by atoms with E-state index in [1.807, 2.05) is 45.0 Å². The van der Waals surface area contributed by atoms with Crippen molar-refractivity contribution in [3.63, 3.8) is 0 Å². The Bertz CT molecular complexity index is 1220. The first-order valence-electron chi connectivity index (χ1n) is 11.0. The summed E-state index contributed by atoms with van der Waals surface area (Å²) in [5.41, 5.74) is 0.708. The topological polar surface area (TPSA) is 79.5 Å². The van der Waals surface area contributed by atoms with Gasteiger partial charge < -0.3 is 15.4 Å². The molecule has 6 nitrogen and oxygen atoms in total. The van der Waals surface area contributed by atoms with Gasteiger partial charge in [0.2, 0.25) is 0 Å². The average molecular weight is 518 g/mol. The normalized spacial score (nSPS) is 11.2. The number of ether oxygens (including phenoxy) is 1. The van der Waals surface area contributed by atoms with E-state index in [4.69, 9.17) is 28.6 Å². The maximum Gasteiger partial charge on any atom is 0.263 e. The van der Waals surface area contributed by atoms with Crippen LogP contribution in [0, 0.1) is 0 Å². The number of thiophene rings is 1. The van der Waals surface area contributed by atoms with Crippen molar-refractivity contribution in [2.24, 2.45) is 0 Å². The fourth-order valence-corrected chi connectivity index (χ4v) is 4.80. The Morgan fingerprint density at radius 3 is 2.56 bits per heavy atom. The molecule has 180 valence electrons. The van der Waals surface area contributed by atoms with Crippen LogP contribution in [0.3, 0.4) is 0 Å². The van der Waals surface area contributed by atoms with E-state index in [1.54, 1.807) is 18.2 Å². The van der Waals surface area contributed by atoms with Crippen LogP contribution in [-0.2, 0) is 0 Å². The molecule has 34 heavy (non-hydrogen) atoms. The first kappa shape index (κ1) is 25.9. The lowest BCUT2D eigenvalue weighted by Gasteiger charge is -2.19.